The second-order valence-corrected chi connectivity index (χ2v) is 5.88. The molecule has 20 heavy (non-hydrogen) atoms. The number of anilines is 1. The fourth-order valence-corrected chi connectivity index (χ4v) is 3.00. The summed E-state index contributed by atoms with van der Waals surface area (Å²) in [5.41, 5.74) is 0.644. The molecule has 2 unspecified atom stereocenters. The first-order valence-corrected chi connectivity index (χ1v) is 7.38. The van der Waals surface area contributed by atoms with E-state index in [0.29, 0.717) is 24.3 Å². The minimum absolute atomic E-state index is 0.197. The molecule has 1 aromatic carbocycles. The first kappa shape index (κ1) is 15.5. The fraction of sp³-hybridized carbons (Fsp3) is 0.571. The number of nitrogens with one attached hydrogen (secondary N) is 1. The summed E-state index contributed by atoms with van der Waals surface area (Å²) >= 11 is 3.36. The summed E-state index contributed by atoms with van der Waals surface area (Å²) in [5, 5.41) is 3.03. The lowest BCUT2D eigenvalue weighted by molar-refractivity contribution is -0.184. The van der Waals surface area contributed by atoms with Gasteiger partial charge in [0.15, 0.2) is 0 Å². The number of ether oxygens (including phenoxy) is 1. The van der Waals surface area contributed by atoms with Gasteiger partial charge in [0, 0.05) is 16.6 Å². The molecule has 0 aromatic heterocycles. The zero-order valence-corrected chi connectivity index (χ0v) is 12.7. The van der Waals surface area contributed by atoms with Crippen molar-refractivity contribution in [3.63, 3.8) is 0 Å². The van der Waals surface area contributed by atoms with Gasteiger partial charge in [-0.05, 0) is 40.9 Å². The van der Waals surface area contributed by atoms with Crippen LogP contribution in [0.2, 0.25) is 0 Å². The second-order valence-electron chi connectivity index (χ2n) is 5.03. The number of rotatable bonds is 3. The Balaban J connectivity index is 2.18. The van der Waals surface area contributed by atoms with Gasteiger partial charge in [-0.3, -0.25) is 0 Å². The van der Waals surface area contributed by atoms with Crippen molar-refractivity contribution in [2.45, 2.75) is 37.9 Å². The van der Waals surface area contributed by atoms with E-state index in [9.17, 15) is 13.2 Å². The van der Waals surface area contributed by atoms with Crippen LogP contribution in [0.1, 0.15) is 25.7 Å². The molecule has 0 bridgehead atoms. The zero-order valence-electron chi connectivity index (χ0n) is 11.1. The summed E-state index contributed by atoms with van der Waals surface area (Å²) in [6.07, 6.45) is -1.95. The van der Waals surface area contributed by atoms with Crippen molar-refractivity contribution in [3.8, 4) is 5.75 Å². The van der Waals surface area contributed by atoms with Crippen molar-refractivity contribution in [2.24, 2.45) is 5.92 Å². The van der Waals surface area contributed by atoms with Gasteiger partial charge in [-0.25, -0.2) is 0 Å². The van der Waals surface area contributed by atoms with Gasteiger partial charge in [-0.2, -0.15) is 13.2 Å². The average molecular weight is 352 g/mol. The Morgan fingerprint density at radius 2 is 1.95 bits per heavy atom. The van der Waals surface area contributed by atoms with Gasteiger partial charge >= 0.3 is 6.18 Å². The molecule has 1 aliphatic carbocycles. The van der Waals surface area contributed by atoms with Crippen LogP contribution in [0.3, 0.4) is 0 Å². The Hall–Kier alpha value is -0.910. The highest BCUT2D eigenvalue weighted by Crippen LogP contribution is 2.40. The maximum Gasteiger partial charge on any atom is 0.393 e. The average Bonchev–Trinajstić information content (AvgIpc) is 2.41. The van der Waals surface area contributed by atoms with Crippen LogP contribution in [0.5, 0.6) is 5.75 Å². The largest absolute Gasteiger partial charge is 0.497 e. The number of halogens is 4. The van der Waals surface area contributed by atoms with Crippen molar-refractivity contribution in [3.05, 3.63) is 22.7 Å². The molecule has 2 atom stereocenters. The Labute approximate surface area is 124 Å². The molecular formula is C14H17BrF3NO. The third-order valence-electron chi connectivity index (χ3n) is 3.70. The van der Waals surface area contributed by atoms with Crippen LogP contribution < -0.4 is 10.1 Å². The number of hydrogen-bond donors (Lipinski definition) is 1. The summed E-state index contributed by atoms with van der Waals surface area (Å²) in [6, 6.07) is 4.67. The topological polar surface area (TPSA) is 21.3 Å². The molecule has 6 heteroatoms. The van der Waals surface area contributed by atoms with Gasteiger partial charge in [0.05, 0.1) is 18.7 Å². The van der Waals surface area contributed by atoms with Gasteiger partial charge in [0.25, 0.3) is 0 Å². The maximum absolute atomic E-state index is 13.1. The van der Waals surface area contributed by atoms with Gasteiger partial charge in [-0.1, -0.05) is 12.8 Å². The molecule has 0 radical (unpaired) electrons. The molecule has 0 spiro atoms. The van der Waals surface area contributed by atoms with E-state index in [4.69, 9.17) is 4.74 Å². The Bertz CT molecular complexity index is 464. The smallest absolute Gasteiger partial charge is 0.393 e. The van der Waals surface area contributed by atoms with Crippen LogP contribution in [0.15, 0.2) is 22.7 Å². The minimum Gasteiger partial charge on any atom is -0.497 e. The van der Waals surface area contributed by atoms with Gasteiger partial charge < -0.3 is 10.1 Å². The molecule has 0 heterocycles. The first-order chi connectivity index (χ1) is 9.41. The highest BCUT2D eigenvalue weighted by molar-refractivity contribution is 9.10. The Morgan fingerprint density at radius 1 is 1.25 bits per heavy atom. The highest BCUT2D eigenvalue weighted by atomic mass is 79.9. The van der Waals surface area contributed by atoms with E-state index in [-0.39, 0.29) is 6.42 Å². The zero-order chi connectivity index (χ0) is 14.8. The summed E-state index contributed by atoms with van der Waals surface area (Å²) in [4.78, 5) is 0. The standard InChI is InChI=1S/C14H17BrF3NO/c1-20-9-6-7-11(15)13(8-9)19-12-5-3-2-4-10(12)14(16,17)18/h6-8,10,12,19H,2-5H2,1H3. The predicted octanol–water partition coefficient (Wildman–Crippen LogP) is 4.99. The van der Waals surface area contributed by atoms with Crippen molar-refractivity contribution in [2.75, 3.05) is 12.4 Å². The van der Waals surface area contributed by atoms with Crippen molar-refractivity contribution < 1.29 is 17.9 Å². The lowest BCUT2D eigenvalue weighted by Crippen LogP contribution is -2.41. The third kappa shape index (κ3) is 3.59. The lowest BCUT2D eigenvalue weighted by Gasteiger charge is -2.34. The molecule has 2 rings (SSSR count). The quantitative estimate of drug-likeness (QED) is 0.828. The van der Waals surface area contributed by atoms with E-state index in [1.54, 1.807) is 18.2 Å². The van der Waals surface area contributed by atoms with Crippen LogP contribution >= 0.6 is 15.9 Å². The van der Waals surface area contributed by atoms with E-state index in [1.165, 1.54) is 7.11 Å². The van der Waals surface area contributed by atoms with Crippen molar-refractivity contribution in [1.82, 2.24) is 0 Å². The summed E-state index contributed by atoms with van der Waals surface area (Å²) < 4.78 is 45.0. The SMILES string of the molecule is COc1ccc(Br)c(NC2CCCCC2C(F)(F)F)c1. The van der Waals surface area contributed by atoms with Crippen LogP contribution in [-0.2, 0) is 0 Å². The fourth-order valence-electron chi connectivity index (χ4n) is 2.64. The lowest BCUT2D eigenvalue weighted by atomic mass is 9.84. The van der Waals surface area contributed by atoms with E-state index < -0.39 is 18.1 Å². The molecule has 1 N–H and O–H groups in total. The monoisotopic (exact) mass is 351 g/mol. The normalized spacial score (nSPS) is 23.4. The van der Waals surface area contributed by atoms with Crippen molar-refractivity contribution >= 4 is 21.6 Å². The van der Waals surface area contributed by atoms with Gasteiger partial charge in [-0.15, -0.1) is 0 Å². The summed E-state index contributed by atoms with van der Waals surface area (Å²) in [5.74, 6) is -0.663. The Morgan fingerprint density at radius 3 is 2.60 bits per heavy atom. The summed E-state index contributed by atoms with van der Waals surface area (Å²) in [7, 11) is 1.53. The number of hydrogen-bond acceptors (Lipinski definition) is 2. The van der Waals surface area contributed by atoms with E-state index in [2.05, 4.69) is 21.2 Å². The number of alkyl halides is 3. The molecule has 2 nitrogen and oxygen atoms in total. The Kier molecular flexibility index (Phi) is 4.83. The van der Waals surface area contributed by atoms with E-state index in [1.807, 2.05) is 0 Å². The molecule has 0 aliphatic heterocycles. The molecule has 1 aromatic rings. The number of benzene rings is 1. The van der Waals surface area contributed by atoms with Crippen molar-refractivity contribution in [1.29, 1.82) is 0 Å². The predicted molar refractivity (Wildman–Crippen MR) is 76.1 cm³/mol. The molecule has 1 fully saturated rings. The minimum atomic E-state index is -4.15. The molecular weight excluding hydrogens is 335 g/mol. The molecule has 1 saturated carbocycles. The van der Waals surface area contributed by atoms with Crippen LogP contribution in [0.4, 0.5) is 18.9 Å². The van der Waals surface area contributed by atoms with E-state index in [0.717, 1.165) is 10.9 Å². The van der Waals surface area contributed by atoms with Crippen LogP contribution in [-0.4, -0.2) is 19.3 Å². The van der Waals surface area contributed by atoms with Crippen LogP contribution in [0, 0.1) is 5.92 Å². The second kappa shape index (κ2) is 6.24. The third-order valence-corrected chi connectivity index (χ3v) is 4.39. The van der Waals surface area contributed by atoms with Gasteiger partial charge in [0.2, 0.25) is 0 Å². The molecule has 112 valence electrons. The van der Waals surface area contributed by atoms with E-state index >= 15 is 0 Å². The highest BCUT2D eigenvalue weighted by Gasteiger charge is 2.45. The molecule has 0 saturated heterocycles. The molecule has 0 amide bonds. The maximum atomic E-state index is 13.1. The first-order valence-electron chi connectivity index (χ1n) is 6.58. The summed E-state index contributed by atoms with van der Waals surface area (Å²) in [6.45, 7) is 0. The van der Waals surface area contributed by atoms with Crippen LogP contribution in [0.25, 0.3) is 0 Å². The number of methoxy groups -OCH3 is 1. The van der Waals surface area contributed by atoms with Gasteiger partial charge in [0.1, 0.15) is 5.75 Å². The molecule has 1 aliphatic rings.